The summed E-state index contributed by atoms with van der Waals surface area (Å²) in [7, 11) is 0. The van der Waals surface area contributed by atoms with E-state index in [1.807, 2.05) is 0 Å². The predicted molar refractivity (Wildman–Crippen MR) is 26.9 cm³/mol. The van der Waals surface area contributed by atoms with Gasteiger partial charge in [0.15, 0.2) is 6.30 Å². The molecule has 1 heterocycles. The molecule has 0 aromatic carbocycles. The van der Waals surface area contributed by atoms with Gasteiger partial charge in [-0.25, -0.2) is 4.39 Å². The molecule has 0 aromatic rings. The minimum atomic E-state index is -1.09. The molecule has 8 heavy (non-hydrogen) atoms. The van der Waals surface area contributed by atoms with Crippen LogP contribution >= 0.6 is 0 Å². The molecular formula is C5H8FNO. The summed E-state index contributed by atoms with van der Waals surface area (Å²) in [6.07, 6.45) is 0.565. The van der Waals surface area contributed by atoms with Gasteiger partial charge in [-0.15, -0.1) is 0 Å². The van der Waals surface area contributed by atoms with Crippen LogP contribution in [0.5, 0.6) is 0 Å². The molecule has 1 unspecified atom stereocenters. The standard InChI is InChI=1S/C5H8FNO/c6-4-2-1-3-5(8)7-4/h4H,1-3H2,(H,7,8). The Balaban J connectivity index is 2.34. The van der Waals surface area contributed by atoms with Gasteiger partial charge in [0.25, 0.3) is 0 Å². The summed E-state index contributed by atoms with van der Waals surface area (Å²) in [5.41, 5.74) is 0. The van der Waals surface area contributed by atoms with Crippen LogP contribution in [0.4, 0.5) is 4.39 Å². The minimum absolute atomic E-state index is 0.163. The lowest BCUT2D eigenvalue weighted by molar-refractivity contribution is -0.124. The summed E-state index contributed by atoms with van der Waals surface area (Å²) < 4.78 is 12.1. The molecule has 46 valence electrons. The normalized spacial score (nSPS) is 29.6. The summed E-state index contributed by atoms with van der Waals surface area (Å²) in [6, 6.07) is 0. The molecule has 0 radical (unpaired) electrons. The number of alkyl halides is 1. The van der Waals surface area contributed by atoms with Crippen LogP contribution in [-0.4, -0.2) is 12.2 Å². The monoisotopic (exact) mass is 117 g/mol. The third kappa shape index (κ3) is 1.18. The van der Waals surface area contributed by atoms with E-state index in [0.717, 1.165) is 0 Å². The fourth-order valence-electron chi connectivity index (χ4n) is 0.761. The van der Waals surface area contributed by atoms with Crippen LogP contribution in [0.2, 0.25) is 0 Å². The van der Waals surface area contributed by atoms with Crippen LogP contribution in [-0.2, 0) is 4.79 Å². The van der Waals surface area contributed by atoms with Crippen molar-refractivity contribution in [3.8, 4) is 0 Å². The molecule has 1 N–H and O–H groups in total. The van der Waals surface area contributed by atoms with E-state index < -0.39 is 6.30 Å². The summed E-state index contributed by atoms with van der Waals surface area (Å²) in [6.45, 7) is 0. The van der Waals surface area contributed by atoms with Gasteiger partial charge in [0, 0.05) is 6.42 Å². The first-order valence-corrected chi connectivity index (χ1v) is 2.72. The van der Waals surface area contributed by atoms with Crippen molar-refractivity contribution in [2.75, 3.05) is 0 Å². The van der Waals surface area contributed by atoms with Crippen LogP contribution in [0.3, 0.4) is 0 Å². The topological polar surface area (TPSA) is 29.1 Å². The van der Waals surface area contributed by atoms with E-state index in [9.17, 15) is 9.18 Å². The first-order valence-electron chi connectivity index (χ1n) is 2.72. The number of carbonyl (C=O) groups is 1. The molecule has 1 saturated heterocycles. The Hall–Kier alpha value is -0.600. The van der Waals surface area contributed by atoms with Crippen molar-refractivity contribution in [2.45, 2.75) is 25.6 Å². The summed E-state index contributed by atoms with van der Waals surface area (Å²) in [5.74, 6) is -0.163. The van der Waals surface area contributed by atoms with Crippen molar-refractivity contribution >= 4 is 5.91 Å². The second-order valence-corrected chi connectivity index (χ2v) is 1.93. The molecule has 1 aliphatic rings. The Bertz CT molecular complexity index is 105. The molecule has 0 aromatic heterocycles. The third-order valence-electron chi connectivity index (χ3n) is 1.18. The Kier molecular flexibility index (Phi) is 1.46. The van der Waals surface area contributed by atoms with Crippen molar-refractivity contribution in [1.82, 2.24) is 5.32 Å². The first-order chi connectivity index (χ1) is 3.79. The lowest BCUT2D eigenvalue weighted by Crippen LogP contribution is -2.35. The quantitative estimate of drug-likeness (QED) is 0.462. The van der Waals surface area contributed by atoms with Crippen LogP contribution in [0.15, 0.2) is 0 Å². The molecule has 1 atom stereocenters. The minimum Gasteiger partial charge on any atom is -0.326 e. The molecule has 0 bridgehead atoms. The number of halogens is 1. The molecule has 1 fully saturated rings. The second-order valence-electron chi connectivity index (χ2n) is 1.93. The second kappa shape index (κ2) is 2.11. The lowest BCUT2D eigenvalue weighted by atomic mass is 10.1. The number of carbonyl (C=O) groups excluding carboxylic acids is 1. The molecule has 1 rings (SSSR count). The van der Waals surface area contributed by atoms with E-state index in [1.165, 1.54) is 0 Å². The Labute approximate surface area is 47.1 Å². The van der Waals surface area contributed by atoms with E-state index in [2.05, 4.69) is 5.32 Å². The van der Waals surface area contributed by atoms with Crippen LogP contribution in [0.25, 0.3) is 0 Å². The SMILES string of the molecule is O=C1CCCC(F)N1. The van der Waals surface area contributed by atoms with E-state index in [1.54, 1.807) is 0 Å². The zero-order valence-corrected chi connectivity index (χ0v) is 4.48. The van der Waals surface area contributed by atoms with Gasteiger partial charge in [0.2, 0.25) is 5.91 Å². The molecule has 2 nitrogen and oxygen atoms in total. The molecule has 1 amide bonds. The molecular weight excluding hydrogens is 109 g/mol. The molecule has 0 spiro atoms. The zero-order valence-electron chi connectivity index (χ0n) is 4.48. The van der Waals surface area contributed by atoms with E-state index in [0.29, 0.717) is 19.3 Å². The zero-order chi connectivity index (χ0) is 5.98. The average molecular weight is 117 g/mol. The van der Waals surface area contributed by atoms with E-state index in [4.69, 9.17) is 0 Å². The van der Waals surface area contributed by atoms with Crippen molar-refractivity contribution < 1.29 is 9.18 Å². The van der Waals surface area contributed by atoms with Crippen molar-refractivity contribution in [3.63, 3.8) is 0 Å². The number of hydrogen-bond donors (Lipinski definition) is 1. The van der Waals surface area contributed by atoms with Crippen molar-refractivity contribution in [2.24, 2.45) is 0 Å². The van der Waals surface area contributed by atoms with E-state index >= 15 is 0 Å². The van der Waals surface area contributed by atoms with Crippen LogP contribution in [0, 0.1) is 0 Å². The van der Waals surface area contributed by atoms with Crippen molar-refractivity contribution in [1.29, 1.82) is 0 Å². The van der Waals surface area contributed by atoms with Gasteiger partial charge in [-0.05, 0) is 12.8 Å². The molecule has 0 saturated carbocycles. The molecule has 3 heteroatoms. The van der Waals surface area contributed by atoms with Crippen LogP contribution < -0.4 is 5.32 Å². The average Bonchev–Trinajstić information content (AvgIpc) is 1.64. The highest BCUT2D eigenvalue weighted by Gasteiger charge is 2.15. The van der Waals surface area contributed by atoms with Crippen LogP contribution in [0.1, 0.15) is 19.3 Å². The maximum Gasteiger partial charge on any atom is 0.222 e. The third-order valence-corrected chi connectivity index (χ3v) is 1.18. The predicted octanol–water partition coefficient (Wildman–Crippen LogP) is 0.582. The number of nitrogens with one attached hydrogen (secondary N) is 1. The Morgan fingerprint density at radius 3 is 2.88 bits per heavy atom. The smallest absolute Gasteiger partial charge is 0.222 e. The summed E-state index contributed by atoms with van der Waals surface area (Å²) in [4.78, 5) is 10.3. The van der Waals surface area contributed by atoms with Gasteiger partial charge in [-0.1, -0.05) is 0 Å². The largest absolute Gasteiger partial charge is 0.326 e. The molecule has 1 aliphatic heterocycles. The van der Waals surface area contributed by atoms with Gasteiger partial charge in [-0.2, -0.15) is 0 Å². The number of hydrogen-bond acceptors (Lipinski definition) is 1. The van der Waals surface area contributed by atoms with E-state index in [-0.39, 0.29) is 5.91 Å². The number of rotatable bonds is 0. The first kappa shape index (κ1) is 5.54. The summed E-state index contributed by atoms with van der Waals surface area (Å²) >= 11 is 0. The fraction of sp³-hybridized carbons (Fsp3) is 0.800. The number of amides is 1. The summed E-state index contributed by atoms with van der Waals surface area (Å²) in [5, 5.41) is 2.17. The maximum absolute atomic E-state index is 12.1. The highest BCUT2D eigenvalue weighted by Crippen LogP contribution is 2.07. The van der Waals surface area contributed by atoms with Gasteiger partial charge < -0.3 is 5.32 Å². The van der Waals surface area contributed by atoms with Gasteiger partial charge in [0.05, 0.1) is 0 Å². The Morgan fingerprint density at radius 2 is 2.50 bits per heavy atom. The van der Waals surface area contributed by atoms with Gasteiger partial charge in [0.1, 0.15) is 0 Å². The maximum atomic E-state index is 12.1. The van der Waals surface area contributed by atoms with Gasteiger partial charge in [-0.3, -0.25) is 4.79 Å². The molecule has 0 aliphatic carbocycles. The highest BCUT2D eigenvalue weighted by atomic mass is 19.1. The van der Waals surface area contributed by atoms with Gasteiger partial charge >= 0.3 is 0 Å². The lowest BCUT2D eigenvalue weighted by Gasteiger charge is -2.14. The number of piperidine rings is 1. The van der Waals surface area contributed by atoms with Crippen molar-refractivity contribution in [3.05, 3.63) is 0 Å². The fourth-order valence-corrected chi connectivity index (χ4v) is 0.761. The highest BCUT2D eigenvalue weighted by molar-refractivity contribution is 5.76. The Morgan fingerprint density at radius 1 is 1.75 bits per heavy atom.